The minimum absolute atomic E-state index is 0.134. The summed E-state index contributed by atoms with van der Waals surface area (Å²) < 4.78 is 17.6. The number of nitrogens with two attached hydrogens (primary N) is 1. The Balaban J connectivity index is 2.63. The summed E-state index contributed by atoms with van der Waals surface area (Å²) in [5.41, 5.74) is 5.96. The predicted molar refractivity (Wildman–Crippen MR) is 121 cm³/mol. The Kier molecular flexibility index (Phi) is 8.90. The molecule has 0 bridgehead atoms. The molecule has 0 saturated heterocycles. The second-order valence-corrected chi connectivity index (χ2v) is 7.77. The number of hydrogen-bond acceptors (Lipinski definition) is 6. The van der Waals surface area contributed by atoms with Crippen LogP contribution >= 0.6 is 0 Å². The predicted octanol–water partition coefficient (Wildman–Crippen LogP) is 2.63. The highest BCUT2D eigenvalue weighted by Gasteiger charge is 2.19. The van der Waals surface area contributed by atoms with Crippen molar-refractivity contribution < 1.29 is 23.3 Å². The van der Waals surface area contributed by atoms with Crippen molar-refractivity contribution in [3.8, 4) is 0 Å². The van der Waals surface area contributed by atoms with Crippen molar-refractivity contribution in [2.24, 2.45) is 10.7 Å². The number of rotatable bonds is 6. The van der Waals surface area contributed by atoms with Crippen LogP contribution in [0.15, 0.2) is 63.3 Å². The second kappa shape index (κ2) is 11.6. The van der Waals surface area contributed by atoms with Gasteiger partial charge in [0.15, 0.2) is 0 Å². The van der Waals surface area contributed by atoms with E-state index in [1.165, 1.54) is 11.0 Å². The summed E-state index contributed by atoms with van der Waals surface area (Å²) in [6, 6.07) is 12.7. The molecule has 32 heavy (non-hydrogen) atoms. The smallest absolute Gasteiger partial charge is 0.413 e. The van der Waals surface area contributed by atoms with Gasteiger partial charge < -0.3 is 10.5 Å². The van der Waals surface area contributed by atoms with Gasteiger partial charge in [0.2, 0.25) is 11.9 Å². The summed E-state index contributed by atoms with van der Waals surface area (Å²) in [6.07, 6.45) is -0.720. The highest BCUT2D eigenvalue weighted by Crippen LogP contribution is 2.32. The number of primary amides is 1. The first-order valence-corrected chi connectivity index (χ1v) is 10.9. The topological polar surface area (TPSA) is 143 Å². The molecule has 0 fully saturated rings. The third-order valence-electron chi connectivity index (χ3n) is 4.21. The van der Waals surface area contributed by atoms with Gasteiger partial charge in [0.05, 0.1) is 29.3 Å². The molecule has 4 N–H and O–H groups in total. The molecule has 170 valence electrons. The lowest BCUT2D eigenvalue weighted by Crippen LogP contribution is -2.43. The fraction of sp³-hybridized carbons (Fsp3) is 0.238. The third kappa shape index (κ3) is 6.38. The number of carbonyl (C=O) groups excluding carboxylic acids is 3. The maximum Gasteiger partial charge on any atom is 0.413 e. The molecule has 1 unspecified atom stereocenters. The number of anilines is 1. The van der Waals surface area contributed by atoms with Crippen LogP contribution in [0.1, 0.15) is 20.3 Å². The van der Waals surface area contributed by atoms with Crippen molar-refractivity contribution in [1.82, 2.24) is 10.6 Å². The van der Waals surface area contributed by atoms with Crippen molar-refractivity contribution in [3.63, 3.8) is 0 Å². The van der Waals surface area contributed by atoms with Crippen LogP contribution < -0.4 is 21.3 Å². The molecule has 0 aromatic heterocycles. The normalized spacial score (nSPS) is 11.9. The molecule has 2 aromatic rings. The molecule has 2 aromatic carbocycles. The molecule has 1 atom stereocenters. The van der Waals surface area contributed by atoms with E-state index in [1.807, 2.05) is 6.07 Å². The summed E-state index contributed by atoms with van der Waals surface area (Å²) in [5, 5.41) is 4.78. The highest BCUT2D eigenvalue weighted by atomic mass is 32.2. The number of urea groups is 1. The van der Waals surface area contributed by atoms with Gasteiger partial charge in [-0.25, -0.2) is 18.8 Å². The Hall–Kier alpha value is -3.73. The molecule has 0 aliphatic heterocycles. The van der Waals surface area contributed by atoms with Crippen molar-refractivity contribution >= 4 is 46.2 Å². The van der Waals surface area contributed by atoms with Crippen LogP contribution in [0.2, 0.25) is 0 Å². The lowest BCUT2D eigenvalue weighted by molar-refractivity contribution is -0.119. The third-order valence-corrected chi connectivity index (χ3v) is 5.59. The molecule has 10 nitrogen and oxygen atoms in total. The fourth-order valence-electron chi connectivity index (χ4n) is 2.64. The number of aliphatic imine (C=N–C) groups is 1. The zero-order valence-corrected chi connectivity index (χ0v) is 18.8. The molecular weight excluding hydrogens is 434 g/mol. The zero-order valence-electron chi connectivity index (χ0n) is 18.0. The summed E-state index contributed by atoms with van der Waals surface area (Å²) >= 11 is 0. The average molecular weight is 460 g/mol. The molecule has 0 saturated carbocycles. The Labute approximate surface area is 188 Å². The van der Waals surface area contributed by atoms with E-state index < -0.39 is 28.8 Å². The zero-order chi connectivity index (χ0) is 23.7. The van der Waals surface area contributed by atoms with E-state index in [-0.39, 0.29) is 24.6 Å². The van der Waals surface area contributed by atoms with E-state index in [1.54, 1.807) is 50.2 Å². The van der Waals surface area contributed by atoms with E-state index in [9.17, 15) is 18.6 Å². The first-order chi connectivity index (χ1) is 15.3. The van der Waals surface area contributed by atoms with Crippen molar-refractivity contribution in [1.29, 1.82) is 0 Å². The minimum Gasteiger partial charge on any atom is -0.453 e. The van der Waals surface area contributed by atoms with E-state index in [0.29, 0.717) is 15.5 Å². The maximum absolute atomic E-state index is 13.0. The number of carbonyl (C=O) groups is 3. The van der Waals surface area contributed by atoms with Gasteiger partial charge in [-0.3, -0.25) is 20.3 Å². The Bertz CT molecular complexity index is 1020. The van der Waals surface area contributed by atoms with Gasteiger partial charge >= 0.3 is 12.1 Å². The monoisotopic (exact) mass is 459 g/mol. The second-order valence-electron chi connectivity index (χ2n) is 6.29. The molecule has 0 aliphatic carbocycles. The number of guanidine groups is 1. The van der Waals surface area contributed by atoms with Crippen LogP contribution in [0.25, 0.3) is 0 Å². The number of hydrogen-bond donors (Lipinski definition) is 3. The lowest BCUT2D eigenvalue weighted by atomic mass is 10.2. The van der Waals surface area contributed by atoms with Gasteiger partial charge in [-0.05, 0) is 37.3 Å². The van der Waals surface area contributed by atoms with Gasteiger partial charge in [-0.1, -0.05) is 25.1 Å². The van der Waals surface area contributed by atoms with E-state index >= 15 is 0 Å². The van der Waals surface area contributed by atoms with E-state index in [2.05, 4.69) is 20.4 Å². The number of nitrogens with one attached hydrogen (secondary N) is 2. The number of ether oxygens (including phenoxy) is 1. The fourth-order valence-corrected chi connectivity index (χ4v) is 3.72. The molecule has 0 spiro atoms. The quantitative estimate of drug-likeness (QED) is 0.449. The first kappa shape index (κ1) is 24.5. The number of alkyl carbamates (subject to hydrolysis) is 1. The summed E-state index contributed by atoms with van der Waals surface area (Å²) in [4.78, 5) is 42.1. The van der Waals surface area contributed by atoms with Gasteiger partial charge in [0.25, 0.3) is 0 Å². The standard InChI is InChI=1S/C21H25N5O5S/c1-4-18(27)24-20(25-21(29)31-3)23-16-13-15(32(30)14-9-7-6-8-10-14)11-12-17(16)26(5-2)19(22)28/h6-13H,4-5H2,1-3H3,(H2,22,28)(H2,23,24,25,27,29). The molecule has 11 heteroatoms. The molecule has 0 radical (unpaired) electrons. The molecule has 2 rings (SSSR count). The van der Waals surface area contributed by atoms with Gasteiger partial charge in [-0.15, -0.1) is 0 Å². The van der Waals surface area contributed by atoms with E-state index in [4.69, 9.17) is 5.73 Å². The van der Waals surface area contributed by atoms with Crippen LogP contribution in [0.4, 0.5) is 21.0 Å². The molecule has 0 aliphatic rings. The summed E-state index contributed by atoms with van der Waals surface area (Å²) in [5.74, 6) is -0.624. The number of amides is 4. The summed E-state index contributed by atoms with van der Waals surface area (Å²) in [7, 11) is -0.372. The van der Waals surface area contributed by atoms with Crippen LogP contribution in [0.3, 0.4) is 0 Å². The first-order valence-electron chi connectivity index (χ1n) is 9.72. The van der Waals surface area contributed by atoms with Gasteiger partial charge in [-0.2, -0.15) is 0 Å². The Morgan fingerprint density at radius 1 is 1.06 bits per heavy atom. The number of benzene rings is 2. The summed E-state index contributed by atoms with van der Waals surface area (Å²) in [6.45, 7) is 3.59. The number of nitrogens with zero attached hydrogens (tertiary/aromatic N) is 2. The average Bonchev–Trinajstić information content (AvgIpc) is 2.79. The molecule has 4 amide bonds. The minimum atomic E-state index is -1.53. The Morgan fingerprint density at radius 3 is 2.31 bits per heavy atom. The van der Waals surface area contributed by atoms with Crippen LogP contribution in [-0.2, 0) is 20.3 Å². The van der Waals surface area contributed by atoms with Crippen LogP contribution in [0, 0.1) is 0 Å². The highest BCUT2D eigenvalue weighted by molar-refractivity contribution is 7.85. The van der Waals surface area contributed by atoms with Gasteiger partial charge in [0.1, 0.15) is 0 Å². The SMILES string of the molecule is CCC(=O)NC(=Nc1cc(S(=O)c2ccccc2)ccc1N(CC)C(N)=O)NC(=O)OC. The maximum atomic E-state index is 13.0. The lowest BCUT2D eigenvalue weighted by Gasteiger charge is -2.21. The largest absolute Gasteiger partial charge is 0.453 e. The van der Waals surface area contributed by atoms with Crippen molar-refractivity contribution in [3.05, 3.63) is 48.5 Å². The van der Waals surface area contributed by atoms with E-state index in [0.717, 1.165) is 7.11 Å². The van der Waals surface area contributed by atoms with Crippen molar-refractivity contribution in [2.75, 3.05) is 18.6 Å². The molecule has 0 heterocycles. The van der Waals surface area contributed by atoms with Crippen LogP contribution in [-0.4, -0.2) is 41.9 Å². The van der Waals surface area contributed by atoms with Crippen molar-refractivity contribution in [2.45, 2.75) is 30.1 Å². The Morgan fingerprint density at radius 2 is 1.75 bits per heavy atom. The molecular formula is C21H25N5O5S. The number of methoxy groups -OCH3 is 1. The van der Waals surface area contributed by atoms with Gasteiger partial charge in [0, 0.05) is 22.8 Å². The van der Waals surface area contributed by atoms with Crippen LogP contribution in [0.5, 0.6) is 0 Å².